The van der Waals surface area contributed by atoms with Gasteiger partial charge in [0.1, 0.15) is 6.61 Å². The van der Waals surface area contributed by atoms with Crippen molar-refractivity contribution in [1.29, 1.82) is 0 Å². The summed E-state index contributed by atoms with van der Waals surface area (Å²) in [6.07, 6.45) is 75.8. The van der Waals surface area contributed by atoms with Crippen LogP contribution in [0.15, 0.2) is 72.9 Å². The molecule has 0 aromatic carbocycles. The molecular weight excluding hydrogens is 930 g/mol. The van der Waals surface area contributed by atoms with Gasteiger partial charge in [0.2, 0.25) is 0 Å². The second kappa shape index (κ2) is 58.7. The number of hydrogen-bond donors (Lipinski definition) is 2. The van der Waals surface area contributed by atoms with Gasteiger partial charge in [0, 0.05) is 19.4 Å². The summed E-state index contributed by atoms with van der Waals surface area (Å²) in [7, 11) is -4.38. The number of unbranched alkanes of at least 4 members (excludes halogenated alkanes) is 32. The van der Waals surface area contributed by atoms with Gasteiger partial charge in [-0.05, 0) is 77.0 Å². The Morgan fingerprint density at radius 3 is 1.14 bits per heavy atom. The van der Waals surface area contributed by atoms with Crippen molar-refractivity contribution in [2.24, 2.45) is 5.73 Å². The monoisotopic (exact) mass is 1040 g/mol. The zero-order valence-electron chi connectivity index (χ0n) is 47.4. The highest BCUT2D eigenvalue weighted by atomic mass is 31.2. The summed E-state index contributed by atoms with van der Waals surface area (Å²) < 4.78 is 32.9. The van der Waals surface area contributed by atoms with E-state index >= 15 is 0 Å². The summed E-state index contributed by atoms with van der Waals surface area (Å²) in [5.74, 6) is -0.830. The summed E-state index contributed by atoms with van der Waals surface area (Å²) in [4.78, 5) is 35.0. The number of carbonyl (C=O) groups excluding carboxylic acids is 2. The van der Waals surface area contributed by atoms with Crippen LogP contribution < -0.4 is 5.73 Å². The van der Waals surface area contributed by atoms with Crippen molar-refractivity contribution in [2.45, 2.75) is 290 Å². The second-order valence-electron chi connectivity index (χ2n) is 20.2. The number of nitrogens with two attached hydrogens (primary N) is 1. The molecule has 0 saturated heterocycles. The van der Waals surface area contributed by atoms with Crippen LogP contribution in [0.1, 0.15) is 284 Å². The molecule has 0 heterocycles. The minimum atomic E-state index is -4.38. The molecule has 0 aromatic rings. The third-order valence-corrected chi connectivity index (χ3v) is 14.1. The first-order valence-electron chi connectivity index (χ1n) is 30.4. The maximum absolute atomic E-state index is 12.7. The third kappa shape index (κ3) is 58.6. The summed E-state index contributed by atoms with van der Waals surface area (Å²) in [5, 5.41) is 0. The van der Waals surface area contributed by atoms with Crippen LogP contribution in [0.25, 0.3) is 0 Å². The molecule has 0 aromatic heterocycles. The van der Waals surface area contributed by atoms with Gasteiger partial charge >= 0.3 is 19.8 Å². The van der Waals surface area contributed by atoms with Crippen molar-refractivity contribution in [3.05, 3.63) is 72.9 Å². The molecule has 10 heteroatoms. The van der Waals surface area contributed by atoms with Gasteiger partial charge in [-0.25, -0.2) is 4.57 Å². The van der Waals surface area contributed by atoms with Crippen molar-refractivity contribution >= 4 is 19.8 Å². The molecule has 0 spiro atoms. The van der Waals surface area contributed by atoms with Gasteiger partial charge < -0.3 is 20.1 Å². The Morgan fingerprint density at radius 1 is 0.425 bits per heavy atom. The molecule has 0 amide bonds. The molecule has 0 rings (SSSR count). The van der Waals surface area contributed by atoms with Crippen molar-refractivity contribution in [3.8, 4) is 0 Å². The lowest BCUT2D eigenvalue weighted by Gasteiger charge is -2.19. The van der Waals surface area contributed by atoms with Crippen LogP contribution in [-0.4, -0.2) is 49.3 Å². The van der Waals surface area contributed by atoms with Gasteiger partial charge in [-0.15, -0.1) is 0 Å². The van der Waals surface area contributed by atoms with Crippen LogP contribution >= 0.6 is 7.82 Å². The zero-order valence-corrected chi connectivity index (χ0v) is 48.3. The van der Waals surface area contributed by atoms with Crippen LogP contribution in [0.2, 0.25) is 0 Å². The molecule has 424 valence electrons. The van der Waals surface area contributed by atoms with Crippen molar-refractivity contribution in [3.63, 3.8) is 0 Å². The van der Waals surface area contributed by atoms with Crippen LogP contribution in [0.5, 0.6) is 0 Å². The number of hydrogen-bond acceptors (Lipinski definition) is 8. The normalized spacial score (nSPS) is 13.5. The highest BCUT2D eigenvalue weighted by molar-refractivity contribution is 7.47. The van der Waals surface area contributed by atoms with Crippen LogP contribution in [0.3, 0.4) is 0 Å². The van der Waals surface area contributed by atoms with E-state index in [1.807, 2.05) is 0 Å². The lowest BCUT2D eigenvalue weighted by atomic mass is 10.0. The Hall–Kier alpha value is -2.55. The number of ether oxygens (including phenoxy) is 2. The first-order chi connectivity index (χ1) is 35.8. The summed E-state index contributed by atoms with van der Waals surface area (Å²) >= 11 is 0. The fraction of sp³-hybridized carbons (Fsp3) is 0.778. The molecule has 0 saturated carbocycles. The van der Waals surface area contributed by atoms with E-state index in [9.17, 15) is 19.0 Å². The zero-order chi connectivity index (χ0) is 53.1. The topological polar surface area (TPSA) is 134 Å². The van der Waals surface area contributed by atoms with Crippen LogP contribution in [-0.2, 0) is 32.7 Å². The van der Waals surface area contributed by atoms with E-state index in [0.29, 0.717) is 6.42 Å². The standard InChI is InChI=1S/C63H114NO8P/c1-3-5-7-9-11-13-15-16-17-18-19-20-21-22-23-24-25-26-27-28-29-30-31-32-33-34-35-36-37-38-39-40-41-42-43-44-46-48-50-52-54-56-63(66)72-61(60-71-73(67,68)70-58-57-64)59-69-62(65)55-53-51-49-47-45-14-12-10-8-6-4-2/h5,7,10-13,16-17,19-20,22-23,61H,3-4,6,8-9,14-15,18,21,24-60,64H2,1-2H3,(H,67,68)/b7-5-,12-10-,13-11-,17-16-,20-19-,23-22-. The molecule has 0 radical (unpaired) electrons. The molecule has 0 aliphatic carbocycles. The Morgan fingerprint density at radius 2 is 0.753 bits per heavy atom. The van der Waals surface area contributed by atoms with Gasteiger partial charge in [-0.2, -0.15) is 0 Å². The van der Waals surface area contributed by atoms with E-state index in [-0.39, 0.29) is 38.6 Å². The Labute approximate surface area is 450 Å². The Balaban J connectivity index is 3.72. The average molecular weight is 1040 g/mol. The van der Waals surface area contributed by atoms with Gasteiger partial charge in [0.05, 0.1) is 13.2 Å². The summed E-state index contributed by atoms with van der Waals surface area (Å²) in [5.41, 5.74) is 5.37. The van der Waals surface area contributed by atoms with Gasteiger partial charge in [-0.3, -0.25) is 18.6 Å². The predicted molar refractivity (Wildman–Crippen MR) is 312 cm³/mol. The minimum Gasteiger partial charge on any atom is -0.462 e. The third-order valence-electron chi connectivity index (χ3n) is 13.1. The Bertz CT molecular complexity index is 1420. The van der Waals surface area contributed by atoms with Crippen LogP contribution in [0, 0.1) is 0 Å². The second-order valence-corrected chi connectivity index (χ2v) is 21.6. The van der Waals surface area contributed by atoms with Gasteiger partial charge in [0.25, 0.3) is 0 Å². The summed E-state index contributed by atoms with van der Waals surface area (Å²) in [6.45, 7) is 3.60. The van der Waals surface area contributed by atoms with Gasteiger partial charge in [0.15, 0.2) is 6.10 Å². The van der Waals surface area contributed by atoms with Crippen molar-refractivity contribution in [2.75, 3.05) is 26.4 Å². The van der Waals surface area contributed by atoms with Crippen molar-refractivity contribution < 1.29 is 37.6 Å². The smallest absolute Gasteiger partial charge is 0.462 e. The van der Waals surface area contributed by atoms with Crippen LogP contribution in [0.4, 0.5) is 0 Å². The molecule has 2 unspecified atom stereocenters. The van der Waals surface area contributed by atoms with E-state index in [0.717, 1.165) is 89.9 Å². The molecular formula is C63H114NO8P. The first kappa shape index (κ1) is 70.5. The SMILES string of the molecule is CC/C=C\C/C=C\C/C=C\C/C=C\C/C=C\CCCCCCCCCCCCCCCCCCCCCCCCCCCC(=O)OC(COC(=O)CCCCCCC/C=C\CCCC)COP(=O)(O)OCCN. The number of phosphoric acid groups is 1. The molecule has 0 aliphatic rings. The maximum atomic E-state index is 12.7. The molecule has 0 aliphatic heterocycles. The minimum absolute atomic E-state index is 0.0527. The Kier molecular flexibility index (Phi) is 56.7. The summed E-state index contributed by atoms with van der Waals surface area (Å²) in [6, 6.07) is 0. The largest absolute Gasteiger partial charge is 0.472 e. The average Bonchev–Trinajstić information content (AvgIpc) is 3.38. The molecule has 2 atom stereocenters. The molecule has 73 heavy (non-hydrogen) atoms. The van der Waals surface area contributed by atoms with E-state index < -0.39 is 26.5 Å². The molecule has 0 bridgehead atoms. The van der Waals surface area contributed by atoms with E-state index in [1.54, 1.807) is 0 Å². The van der Waals surface area contributed by atoms with E-state index in [1.165, 1.54) is 161 Å². The number of allylic oxidation sites excluding steroid dienone is 12. The molecule has 3 N–H and O–H groups in total. The lowest BCUT2D eigenvalue weighted by molar-refractivity contribution is -0.161. The highest BCUT2D eigenvalue weighted by Gasteiger charge is 2.26. The predicted octanol–water partition coefficient (Wildman–Crippen LogP) is 19.3. The molecule has 0 fully saturated rings. The number of phosphoric ester groups is 1. The number of esters is 2. The number of rotatable bonds is 57. The quantitative estimate of drug-likeness (QED) is 0.0264. The lowest BCUT2D eigenvalue weighted by Crippen LogP contribution is -2.29. The number of carbonyl (C=O) groups is 2. The fourth-order valence-corrected chi connectivity index (χ4v) is 9.35. The van der Waals surface area contributed by atoms with E-state index in [4.69, 9.17) is 24.3 Å². The van der Waals surface area contributed by atoms with Crippen molar-refractivity contribution in [1.82, 2.24) is 0 Å². The maximum Gasteiger partial charge on any atom is 0.472 e. The highest BCUT2D eigenvalue weighted by Crippen LogP contribution is 2.43. The fourth-order valence-electron chi connectivity index (χ4n) is 8.59. The van der Waals surface area contributed by atoms with Gasteiger partial charge in [-0.1, -0.05) is 267 Å². The van der Waals surface area contributed by atoms with E-state index in [2.05, 4.69) is 86.8 Å². The molecule has 9 nitrogen and oxygen atoms in total. The first-order valence-corrected chi connectivity index (χ1v) is 31.9.